The van der Waals surface area contributed by atoms with Crippen LogP contribution < -0.4 is 10.6 Å². The van der Waals surface area contributed by atoms with Crippen molar-refractivity contribution in [3.05, 3.63) is 0 Å². The predicted molar refractivity (Wildman–Crippen MR) is 131 cm³/mol. The van der Waals surface area contributed by atoms with Crippen molar-refractivity contribution < 1.29 is 9.59 Å². The Morgan fingerprint density at radius 2 is 1.82 bits per heavy atom. The van der Waals surface area contributed by atoms with Gasteiger partial charge in [-0.25, -0.2) is 0 Å². The molecule has 33 heavy (non-hydrogen) atoms. The van der Waals surface area contributed by atoms with Crippen LogP contribution in [-0.2, 0) is 9.59 Å². The van der Waals surface area contributed by atoms with Crippen molar-refractivity contribution in [2.45, 2.75) is 83.6 Å². The van der Waals surface area contributed by atoms with Gasteiger partial charge in [0, 0.05) is 64.3 Å². The van der Waals surface area contributed by atoms with E-state index in [1.165, 1.54) is 19.3 Å². The van der Waals surface area contributed by atoms with Crippen molar-refractivity contribution in [3.8, 4) is 0 Å². The van der Waals surface area contributed by atoms with Crippen LogP contribution in [0.15, 0.2) is 0 Å². The summed E-state index contributed by atoms with van der Waals surface area (Å²) in [5.74, 6) is 0.433. The van der Waals surface area contributed by atoms with Gasteiger partial charge in [-0.3, -0.25) is 24.3 Å². The summed E-state index contributed by atoms with van der Waals surface area (Å²) in [5, 5.41) is 6.82. The highest BCUT2D eigenvalue weighted by atomic mass is 16.2. The van der Waals surface area contributed by atoms with E-state index in [4.69, 9.17) is 0 Å². The molecule has 4 unspecified atom stereocenters. The van der Waals surface area contributed by atoms with Crippen LogP contribution in [0.5, 0.6) is 0 Å². The van der Waals surface area contributed by atoms with E-state index in [0.717, 1.165) is 58.7 Å². The Balaban J connectivity index is 1.26. The van der Waals surface area contributed by atoms with Crippen LogP contribution in [0.25, 0.3) is 0 Å². The van der Waals surface area contributed by atoms with Crippen molar-refractivity contribution in [2.24, 2.45) is 5.41 Å². The van der Waals surface area contributed by atoms with Crippen LogP contribution >= 0.6 is 0 Å². The first-order valence-corrected chi connectivity index (χ1v) is 13.2. The van der Waals surface area contributed by atoms with Crippen LogP contribution in [0.1, 0.15) is 59.3 Å². The van der Waals surface area contributed by atoms with E-state index in [-0.39, 0.29) is 35.4 Å². The molecule has 4 aliphatic rings. The molecule has 0 aromatic carbocycles. The quantitative estimate of drug-likeness (QED) is 0.634. The largest absolute Gasteiger partial charge is 0.353 e. The fourth-order valence-corrected chi connectivity index (χ4v) is 6.31. The first kappa shape index (κ1) is 24.9. The maximum atomic E-state index is 13.0. The molecule has 4 fully saturated rings. The number of hydrogen-bond donors (Lipinski definition) is 2. The van der Waals surface area contributed by atoms with E-state index in [1.807, 2.05) is 0 Å². The van der Waals surface area contributed by atoms with Gasteiger partial charge in [0.2, 0.25) is 11.8 Å². The van der Waals surface area contributed by atoms with E-state index in [2.05, 4.69) is 58.1 Å². The Bertz CT molecular complexity index is 681. The summed E-state index contributed by atoms with van der Waals surface area (Å²) in [6.07, 6.45) is 6.70. The smallest absolute Gasteiger partial charge is 0.239 e. The highest BCUT2D eigenvalue weighted by Crippen LogP contribution is 2.30. The van der Waals surface area contributed by atoms with Crippen molar-refractivity contribution in [3.63, 3.8) is 0 Å². The van der Waals surface area contributed by atoms with Gasteiger partial charge in [0.05, 0.1) is 6.17 Å². The number of carbonyl (C=O) groups is 2. The normalized spacial score (nSPS) is 33.0. The maximum Gasteiger partial charge on any atom is 0.239 e. The van der Waals surface area contributed by atoms with E-state index in [0.29, 0.717) is 19.1 Å². The summed E-state index contributed by atoms with van der Waals surface area (Å²) < 4.78 is 0. The van der Waals surface area contributed by atoms with Gasteiger partial charge in [-0.15, -0.1) is 0 Å². The molecule has 0 aromatic rings. The SMILES string of the molecule is CN1C(CCC(=O)N2CCN(C3CCCCN3)CC2)CNC(=O)C2C1CCN2CC(C)(C)C. The molecule has 4 saturated heterocycles. The lowest BCUT2D eigenvalue weighted by atomic mass is 9.95. The minimum atomic E-state index is -0.0728. The lowest BCUT2D eigenvalue weighted by Crippen LogP contribution is -2.56. The molecule has 8 heteroatoms. The molecule has 4 aliphatic heterocycles. The Morgan fingerprint density at radius 3 is 2.48 bits per heavy atom. The number of likely N-dealkylation sites (N-methyl/N-ethyl adjacent to an activating group) is 1. The zero-order chi connectivity index (χ0) is 23.6. The zero-order valence-electron chi connectivity index (χ0n) is 21.3. The Labute approximate surface area is 200 Å². The number of nitrogens with zero attached hydrogens (tertiary/aromatic N) is 4. The van der Waals surface area contributed by atoms with Crippen LogP contribution in [0.2, 0.25) is 0 Å². The molecule has 4 atom stereocenters. The van der Waals surface area contributed by atoms with Gasteiger partial charge in [0.1, 0.15) is 6.04 Å². The lowest BCUT2D eigenvalue weighted by Gasteiger charge is -2.41. The summed E-state index contributed by atoms with van der Waals surface area (Å²) >= 11 is 0. The van der Waals surface area contributed by atoms with E-state index < -0.39 is 0 Å². The molecular weight excluding hydrogens is 416 g/mol. The molecule has 0 saturated carbocycles. The number of piperazine rings is 1. The number of nitrogens with one attached hydrogen (secondary N) is 2. The molecule has 4 rings (SSSR count). The fourth-order valence-electron chi connectivity index (χ4n) is 6.31. The van der Waals surface area contributed by atoms with E-state index in [9.17, 15) is 9.59 Å². The Morgan fingerprint density at radius 1 is 1.06 bits per heavy atom. The number of hydrogen-bond acceptors (Lipinski definition) is 6. The molecule has 2 N–H and O–H groups in total. The molecule has 2 amide bonds. The second kappa shape index (κ2) is 10.6. The Kier molecular flexibility index (Phi) is 7.98. The van der Waals surface area contributed by atoms with Crippen LogP contribution in [0, 0.1) is 5.41 Å². The lowest BCUT2D eigenvalue weighted by molar-refractivity contribution is -0.134. The number of likely N-dealkylation sites (tertiary alicyclic amines) is 1. The molecule has 8 nitrogen and oxygen atoms in total. The van der Waals surface area contributed by atoms with Gasteiger partial charge >= 0.3 is 0 Å². The second-order valence-electron chi connectivity index (χ2n) is 11.8. The van der Waals surface area contributed by atoms with Gasteiger partial charge < -0.3 is 15.5 Å². The highest BCUT2D eigenvalue weighted by molar-refractivity contribution is 5.83. The number of fused-ring (bicyclic) bond motifs is 1. The minimum Gasteiger partial charge on any atom is -0.353 e. The van der Waals surface area contributed by atoms with E-state index >= 15 is 0 Å². The summed E-state index contributed by atoms with van der Waals surface area (Å²) in [7, 11) is 2.16. The van der Waals surface area contributed by atoms with Gasteiger partial charge in [-0.1, -0.05) is 20.8 Å². The Hall–Kier alpha value is -1.22. The summed E-state index contributed by atoms with van der Waals surface area (Å²) in [6, 6.07) is 0.383. The monoisotopic (exact) mass is 462 g/mol. The van der Waals surface area contributed by atoms with Crippen LogP contribution in [0.3, 0.4) is 0 Å². The third-order valence-electron chi connectivity index (χ3n) is 8.11. The van der Waals surface area contributed by atoms with Gasteiger partial charge in [0.15, 0.2) is 0 Å². The van der Waals surface area contributed by atoms with Crippen molar-refractivity contribution in [2.75, 3.05) is 59.4 Å². The maximum absolute atomic E-state index is 13.0. The standard InChI is InChI=1S/C25H46N6O2/c1-25(2,3)18-31-12-10-20-23(31)24(33)27-17-19(28(20)4)8-9-22(32)30-15-13-29(14-16-30)21-7-5-6-11-26-21/h19-21,23,26H,5-18H2,1-4H3,(H,27,33). The zero-order valence-corrected chi connectivity index (χ0v) is 21.3. The molecule has 4 heterocycles. The molecule has 188 valence electrons. The second-order valence-corrected chi connectivity index (χ2v) is 11.8. The topological polar surface area (TPSA) is 71.2 Å². The van der Waals surface area contributed by atoms with Gasteiger partial charge in [-0.05, 0) is 51.1 Å². The summed E-state index contributed by atoms with van der Waals surface area (Å²) in [6.45, 7) is 14.0. The van der Waals surface area contributed by atoms with Crippen molar-refractivity contribution in [1.29, 1.82) is 0 Å². The molecule has 0 aliphatic carbocycles. The fraction of sp³-hybridized carbons (Fsp3) is 0.920. The number of carbonyl (C=O) groups excluding carboxylic acids is 2. The number of amides is 2. The third-order valence-corrected chi connectivity index (χ3v) is 8.11. The predicted octanol–water partition coefficient (Wildman–Crippen LogP) is 0.930. The number of rotatable bonds is 5. The highest BCUT2D eigenvalue weighted by Gasteiger charge is 2.45. The van der Waals surface area contributed by atoms with Gasteiger partial charge in [-0.2, -0.15) is 0 Å². The number of piperidine rings is 1. The molecule has 0 radical (unpaired) electrons. The van der Waals surface area contributed by atoms with Crippen LogP contribution in [0.4, 0.5) is 0 Å². The average Bonchev–Trinajstić information content (AvgIpc) is 3.15. The molecule has 0 aromatic heterocycles. The molecule has 0 bridgehead atoms. The first-order chi connectivity index (χ1) is 15.7. The first-order valence-electron chi connectivity index (χ1n) is 13.2. The summed E-state index contributed by atoms with van der Waals surface area (Å²) in [5.41, 5.74) is 0.170. The van der Waals surface area contributed by atoms with Crippen molar-refractivity contribution in [1.82, 2.24) is 30.2 Å². The summed E-state index contributed by atoms with van der Waals surface area (Å²) in [4.78, 5) is 35.3. The third kappa shape index (κ3) is 6.08. The average molecular weight is 463 g/mol. The molecular formula is C25H46N6O2. The van der Waals surface area contributed by atoms with Crippen LogP contribution in [-0.4, -0.2) is 115 Å². The van der Waals surface area contributed by atoms with E-state index in [1.54, 1.807) is 0 Å². The minimum absolute atomic E-state index is 0.0728. The molecule has 0 spiro atoms. The van der Waals surface area contributed by atoms with Crippen molar-refractivity contribution >= 4 is 11.8 Å². The van der Waals surface area contributed by atoms with Gasteiger partial charge in [0.25, 0.3) is 0 Å².